The van der Waals surface area contributed by atoms with E-state index in [1.807, 2.05) is 41.3 Å². The summed E-state index contributed by atoms with van der Waals surface area (Å²) in [5, 5.41) is 0. The molecule has 0 N–H and O–H groups in total. The van der Waals surface area contributed by atoms with Gasteiger partial charge in [0.2, 0.25) is 11.8 Å². The Morgan fingerprint density at radius 1 is 1.03 bits per heavy atom. The van der Waals surface area contributed by atoms with Crippen molar-refractivity contribution in [2.45, 2.75) is 33.2 Å². The first-order chi connectivity index (χ1) is 15.9. The Morgan fingerprint density at radius 2 is 1.79 bits per heavy atom. The molecule has 4 rings (SSSR count). The second-order valence-corrected chi connectivity index (χ2v) is 9.97. The topological polar surface area (TPSA) is 58.1 Å². The van der Waals surface area contributed by atoms with Crippen LogP contribution in [0.4, 0.5) is 0 Å². The van der Waals surface area contributed by atoms with E-state index in [2.05, 4.69) is 35.7 Å². The van der Waals surface area contributed by atoms with Crippen LogP contribution >= 0.6 is 0 Å². The Morgan fingerprint density at radius 3 is 2.58 bits per heavy atom. The lowest BCUT2D eigenvalue weighted by Gasteiger charge is -2.34. The molecule has 0 atom stereocenters. The lowest BCUT2D eigenvalue weighted by molar-refractivity contribution is -0.134. The molecule has 2 aliphatic heterocycles. The highest BCUT2D eigenvalue weighted by Crippen LogP contribution is 2.34. The number of benzene rings is 1. The first-order valence-corrected chi connectivity index (χ1v) is 11.9. The van der Waals surface area contributed by atoms with Gasteiger partial charge in [-0.15, -0.1) is 0 Å². The summed E-state index contributed by atoms with van der Waals surface area (Å²) in [5.74, 6) is 2.15. The molecule has 0 unspecified atom stereocenters. The molecule has 7 nitrogen and oxygen atoms in total. The van der Waals surface area contributed by atoms with Crippen molar-refractivity contribution in [3.8, 4) is 17.4 Å². The third-order valence-corrected chi connectivity index (χ3v) is 6.46. The quantitative estimate of drug-likeness (QED) is 0.693. The molecule has 1 aromatic carbocycles. The fraction of sp³-hybridized carbons (Fsp3) is 0.538. The molecule has 178 valence electrons. The first kappa shape index (κ1) is 23.5. The number of nitrogens with zero attached hydrogens (tertiary/aromatic N) is 4. The molecule has 33 heavy (non-hydrogen) atoms. The summed E-state index contributed by atoms with van der Waals surface area (Å²) < 4.78 is 12.4. The number of carbonyl (C=O) groups is 1. The largest absolute Gasteiger partial charge is 0.489 e. The fourth-order valence-electron chi connectivity index (χ4n) is 4.32. The molecule has 2 aliphatic rings. The zero-order chi connectivity index (χ0) is 23.3. The molecule has 7 heteroatoms. The molecule has 1 amide bonds. The third kappa shape index (κ3) is 6.45. The predicted octanol–water partition coefficient (Wildman–Crippen LogP) is 3.65. The van der Waals surface area contributed by atoms with Crippen molar-refractivity contribution >= 4 is 5.91 Å². The van der Waals surface area contributed by atoms with E-state index in [0.29, 0.717) is 31.3 Å². The number of aromatic nitrogens is 1. The molecule has 1 saturated heterocycles. The fourth-order valence-corrected chi connectivity index (χ4v) is 4.32. The van der Waals surface area contributed by atoms with Gasteiger partial charge < -0.3 is 19.3 Å². The normalized spacial score (nSPS) is 20.2. The van der Waals surface area contributed by atoms with Crippen LogP contribution in [0.3, 0.4) is 0 Å². The maximum absolute atomic E-state index is 13.1. The van der Waals surface area contributed by atoms with E-state index in [1.165, 1.54) is 0 Å². The maximum atomic E-state index is 13.1. The minimum atomic E-state index is 0.0133. The van der Waals surface area contributed by atoms with Gasteiger partial charge in [-0.25, -0.2) is 4.98 Å². The average molecular weight is 453 g/mol. The third-order valence-electron chi connectivity index (χ3n) is 6.46. The van der Waals surface area contributed by atoms with Gasteiger partial charge in [-0.05, 0) is 50.0 Å². The van der Waals surface area contributed by atoms with Crippen LogP contribution < -0.4 is 9.47 Å². The number of piperazine rings is 1. The number of hydrogen-bond donors (Lipinski definition) is 0. The van der Waals surface area contributed by atoms with Gasteiger partial charge in [0.15, 0.2) is 11.5 Å². The molecule has 0 spiro atoms. The van der Waals surface area contributed by atoms with Gasteiger partial charge in [-0.2, -0.15) is 0 Å². The van der Waals surface area contributed by atoms with Gasteiger partial charge in [-0.3, -0.25) is 9.69 Å². The number of rotatable bonds is 2. The van der Waals surface area contributed by atoms with Crippen LogP contribution in [0.15, 0.2) is 42.6 Å². The molecule has 2 aromatic rings. The minimum Gasteiger partial charge on any atom is -0.489 e. The molecule has 0 aliphatic carbocycles. The van der Waals surface area contributed by atoms with Gasteiger partial charge in [0.1, 0.15) is 0 Å². The lowest BCUT2D eigenvalue weighted by Crippen LogP contribution is -2.50. The monoisotopic (exact) mass is 452 g/mol. The smallest absolute Gasteiger partial charge is 0.236 e. The van der Waals surface area contributed by atoms with Crippen molar-refractivity contribution in [3.05, 3.63) is 48.2 Å². The van der Waals surface area contributed by atoms with Crippen LogP contribution in [0.1, 0.15) is 32.3 Å². The molecule has 1 fully saturated rings. The van der Waals surface area contributed by atoms with Crippen LogP contribution in [0.25, 0.3) is 0 Å². The summed E-state index contributed by atoms with van der Waals surface area (Å²) in [5.41, 5.74) is 0.983. The molecule has 0 saturated carbocycles. The van der Waals surface area contributed by atoms with E-state index >= 15 is 0 Å². The second-order valence-electron chi connectivity index (χ2n) is 9.97. The standard InChI is InChI=1S/C26H36N4O3/c1-26(2)11-7-13-29(19-24(31)30-16-14-28(3)15-17-30)18-21-8-6-12-27-25(21)33-23-10-5-4-9-22(23)32-20-26/h4-6,8-10,12H,7,11,13-20H2,1-3H3. The Kier molecular flexibility index (Phi) is 7.50. The van der Waals surface area contributed by atoms with E-state index in [1.54, 1.807) is 6.20 Å². The minimum absolute atomic E-state index is 0.0133. The van der Waals surface area contributed by atoms with Crippen LogP contribution in [0.5, 0.6) is 17.4 Å². The van der Waals surface area contributed by atoms with E-state index in [-0.39, 0.29) is 11.3 Å². The van der Waals surface area contributed by atoms with E-state index in [9.17, 15) is 4.79 Å². The van der Waals surface area contributed by atoms with Crippen LogP contribution in [-0.4, -0.2) is 78.5 Å². The number of pyridine rings is 1. The van der Waals surface area contributed by atoms with Crippen molar-refractivity contribution in [2.75, 3.05) is 52.9 Å². The number of likely N-dealkylation sites (N-methyl/N-ethyl adjacent to an activating group) is 1. The predicted molar refractivity (Wildman–Crippen MR) is 129 cm³/mol. The van der Waals surface area contributed by atoms with Crippen molar-refractivity contribution in [2.24, 2.45) is 5.41 Å². The van der Waals surface area contributed by atoms with Gasteiger partial charge in [0.25, 0.3) is 0 Å². The molecular formula is C26H36N4O3. The second kappa shape index (κ2) is 10.5. The first-order valence-electron chi connectivity index (χ1n) is 11.9. The number of carbonyl (C=O) groups excluding carboxylic acids is 1. The Bertz CT molecular complexity index is 941. The summed E-state index contributed by atoms with van der Waals surface area (Å²) in [4.78, 5) is 24.1. The summed E-state index contributed by atoms with van der Waals surface area (Å²) in [7, 11) is 2.11. The maximum Gasteiger partial charge on any atom is 0.236 e. The number of fused-ring (bicyclic) bond motifs is 2. The average Bonchev–Trinajstić information content (AvgIpc) is 2.80. The summed E-state index contributed by atoms with van der Waals surface area (Å²) in [6, 6.07) is 11.7. The molecular weight excluding hydrogens is 416 g/mol. The number of hydrogen-bond acceptors (Lipinski definition) is 6. The highest BCUT2D eigenvalue weighted by atomic mass is 16.5. The van der Waals surface area contributed by atoms with Crippen LogP contribution in [0.2, 0.25) is 0 Å². The summed E-state index contributed by atoms with van der Waals surface area (Å²) >= 11 is 0. The Balaban J connectivity index is 1.56. The number of amides is 1. The van der Waals surface area contributed by atoms with Crippen molar-refractivity contribution in [1.82, 2.24) is 19.7 Å². The lowest BCUT2D eigenvalue weighted by atomic mass is 9.88. The van der Waals surface area contributed by atoms with Gasteiger partial charge in [0.05, 0.1) is 13.2 Å². The summed E-state index contributed by atoms with van der Waals surface area (Å²) in [6.07, 6.45) is 3.74. The van der Waals surface area contributed by atoms with Gasteiger partial charge in [-0.1, -0.05) is 32.0 Å². The van der Waals surface area contributed by atoms with Crippen LogP contribution in [0, 0.1) is 5.41 Å². The Labute approximate surface area is 197 Å². The van der Waals surface area contributed by atoms with E-state index in [4.69, 9.17) is 9.47 Å². The van der Waals surface area contributed by atoms with Gasteiger partial charge >= 0.3 is 0 Å². The van der Waals surface area contributed by atoms with E-state index < -0.39 is 0 Å². The molecule has 0 bridgehead atoms. The number of para-hydroxylation sites is 2. The van der Waals surface area contributed by atoms with Crippen LogP contribution in [-0.2, 0) is 11.3 Å². The van der Waals surface area contributed by atoms with Crippen molar-refractivity contribution in [3.63, 3.8) is 0 Å². The van der Waals surface area contributed by atoms with Crippen molar-refractivity contribution in [1.29, 1.82) is 0 Å². The Hall–Kier alpha value is -2.64. The van der Waals surface area contributed by atoms with Crippen molar-refractivity contribution < 1.29 is 14.3 Å². The molecule has 3 heterocycles. The van der Waals surface area contributed by atoms with E-state index in [0.717, 1.165) is 56.9 Å². The zero-order valence-electron chi connectivity index (χ0n) is 20.1. The SMILES string of the molecule is CN1CCN(C(=O)CN2CCCC(C)(C)COc3ccccc3Oc3ncccc3C2)CC1. The molecule has 0 radical (unpaired) electrons. The zero-order valence-corrected chi connectivity index (χ0v) is 20.1. The molecule has 1 aromatic heterocycles. The highest BCUT2D eigenvalue weighted by molar-refractivity contribution is 5.78. The summed E-state index contributed by atoms with van der Waals surface area (Å²) in [6.45, 7) is 10.4. The number of ether oxygens (including phenoxy) is 2. The van der Waals surface area contributed by atoms with Gasteiger partial charge in [0, 0.05) is 44.5 Å². The highest BCUT2D eigenvalue weighted by Gasteiger charge is 2.25.